The van der Waals surface area contributed by atoms with Crippen LogP contribution < -0.4 is 0 Å². The molecule has 130 valence electrons. The van der Waals surface area contributed by atoms with Gasteiger partial charge in [0.05, 0.1) is 6.54 Å². The standard InChI is InChI=1S/C18H24N2O4/c1-17(2,3)24-16(22)19-11-7-10-18(19)13-20(15(18)21)23-12-14-8-5-4-6-9-14/h4-6,8-9H,7,10-13H2,1-3H3. The molecular weight excluding hydrogens is 308 g/mol. The lowest BCUT2D eigenvalue weighted by molar-refractivity contribution is -0.240. The average Bonchev–Trinajstić information content (AvgIpc) is 2.97. The Morgan fingerprint density at radius 2 is 1.96 bits per heavy atom. The van der Waals surface area contributed by atoms with Crippen molar-refractivity contribution < 1.29 is 19.2 Å². The number of likely N-dealkylation sites (tertiary alicyclic amines) is 1. The molecule has 0 bridgehead atoms. The number of amides is 2. The number of hydroxylamine groups is 2. The summed E-state index contributed by atoms with van der Waals surface area (Å²) in [6.45, 7) is 6.77. The molecule has 0 N–H and O–H groups in total. The first-order valence-electron chi connectivity index (χ1n) is 8.31. The summed E-state index contributed by atoms with van der Waals surface area (Å²) in [4.78, 5) is 32.2. The van der Waals surface area contributed by atoms with Crippen LogP contribution in [0.5, 0.6) is 0 Å². The summed E-state index contributed by atoms with van der Waals surface area (Å²) in [5.41, 5.74) is -0.349. The van der Waals surface area contributed by atoms with Crippen LogP contribution in [0, 0.1) is 0 Å². The summed E-state index contributed by atoms with van der Waals surface area (Å²) in [6, 6.07) is 9.69. The Labute approximate surface area is 142 Å². The number of nitrogens with zero attached hydrogens (tertiary/aromatic N) is 2. The van der Waals surface area contributed by atoms with Crippen LogP contribution in [0.25, 0.3) is 0 Å². The number of carbonyl (C=O) groups is 2. The van der Waals surface area contributed by atoms with E-state index in [1.165, 1.54) is 5.06 Å². The van der Waals surface area contributed by atoms with Crippen molar-refractivity contribution in [3.05, 3.63) is 35.9 Å². The first-order valence-corrected chi connectivity index (χ1v) is 8.31. The van der Waals surface area contributed by atoms with E-state index in [1.54, 1.807) is 4.90 Å². The summed E-state index contributed by atoms with van der Waals surface area (Å²) in [6.07, 6.45) is 1.05. The zero-order valence-corrected chi connectivity index (χ0v) is 14.4. The predicted molar refractivity (Wildman–Crippen MR) is 87.8 cm³/mol. The second-order valence-corrected chi connectivity index (χ2v) is 7.37. The molecule has 24 heavy (non-hydrogen) atoms. The van der Waals surface area contributed by atoms with Gasteiger partial charge in [-0.05, 0) is 39.2 Å². The molecule has 0 saturated carbocycles. The van der Waals surface area contributed by atoms with Crippen molar-refractivity contribution >= 4 is 12.0 Å². The summed E-state index contributed by atoms with van der Waals surface area (Å²) in [5, 5.41) is 1.36. The maximum absolute atomic E-state index is 12.6. The van der Waals surface area contributed by atoms with Crippen LogP contribution in [-0.2, 0) is 21.0 Å². The largest absolute Gasteiger partial charge is 0.444 e. The molecule has 2 fully saturated rings. The second-order valence-electron chi connectivity index (χ2n) is 7.37. The molecule has 1 aromatic carbocycles. The quantitative estimate of drug-likeness (QED) is 0.799. The fourth-order valence-corrected chi connectivity index (χ4v) is 3.20. The van der Waals surface area contributed by atoms with E-state index in [0.29, 0.717) is 26.1 Å². The van der Waals surface area contributed by atoms with Crippen molar-refractivity contribution in [1.82, 2.24) is 9.96 Å². The van der Waals surface area contributed by atoms with E-state index in [0.717, 1.165) is 12.0 Å². The van der Waals surface area contributed by atoms with Crippen LogP contribution in [0.4, 0.5) is 4.79 Å². The van der Waals surface area contributed by atoms with Crippen LogP contribution >= 0.6 is 0 Å². The van der Waals surface area contributed by atoms with E-state index < -0.39 is 17.2 Å². The molecule has 0 aliphatic carbocycles. The second kappa shape index (κ2) is 6.09. The van der Waals surface area contributed by atoms with Crippen molar-refractivity contribution in [2.24, 2.45) is 0 Å². The monoisotopic (exact) mass is 332 g/mol. The molecule has 2 heterocycles. The van der Waals surface area contributed by atoms with Crippen molar-refractivity contribution in [3.8, 4) is 0 Å². The molecular formula is C18H24N2O4. The van der Waals surface area contributed by atoms with Gasteiger partial charge in [-0.15, -0.1) is 0 Å². The number of hydrogen-bond donors (Lipinski definition) is 0. The molecule has 0 aromatic heterocycles. The SMILES string of the molecule is CC(C)(C)OC(=O)N1CCCC12CN(OCc1ccccc1)C2=O. The Kier molecular flexibility index (Phi) is 4.25. The molecule has 3 rings (SSSR count). The van der Waals surface area contributed by atoms with Gasteiger partial charge in [-0.1, -0.05) is 30.3 Å². The van der Waals surface area contributed by atoms with Crippen molar-refractivity contribution in [1.29, 1.82) is 0 Å². The van der Waals surface area contributed by atoms with Crippen molar-refractivity contribution in [3.63, 3.8) is 0 Å². The van der Waals surface area contributed by atoms with Gasteiger partial charge in [-0.25, -0.2) is 9.86 Å². The summed E-state index contributed by atoms with van der Waals surface area (Å²) >= 11 is 0. The van der Waals surface area contributed by atoms with E-state index in [9.17, 15) is 9.59 Å². The molecule has 6 heteroatoms. The first-order chi connectivity index (χ1) is 11.3. The third-order valence-corrected chi connectivity index (χ3v) is 4.36. The topological polar surface area (TPSA) is 59.1 Å². The lowest BCUT2D eigenvalue weighted by atomic mass is 9.88. The van der Waals surface area contributed by atoms with Gasteiger partial charge < -0.3 is 4.74 Å². The smallest absolute Gasteiger partial charge is 0.411 e. The molecule has 2 saturated heterocycles. The number of rotatable bonds is 3. The van der Waals surface area contributed by atoms with Gasteiger partial charge >= 0.3 is 6.09 Å². The van der Waals surface area contributed by atoms with Gasteiger partial charge in [0, 0.05) is 6.54 Å². The summed E-state index contributed by atoms with van der Waals surface area (Å²) < 4.78 is 5.44. The van der Waals surface area contributed by atoms with E-state index in [1.807, 2.05) is 51.1 Å². The minimum atomic E-state index is -0.779. The maximum atomic E-state index is 12.6. The Morgan fingerprint density at radius 1 is 1.25 bits per heavy atom. The molecule has 2 amide bonds. The van der Waals surface area contributed by atoms with Gasteiger partial charge in [0.1, 0.15) is 17.7 Å². The third kappa shape index (κ3) is 3.11. The minimum Gasteiger partial charge on any atom is -0.444 e. The number of ether oxygens (including phenoxy) is 1. The molecule has 1 aromatic rings. The highest BCUT2D eigenvalue weighted by molar-refractivity contribution is 5.95. The number of hydrogen-bond acceptors (Lipinski definition) is 4. The van der Waals surface area contributed by atoms with Crippen LogP contribution in [0.1, 0.15) is 39.2 Å². The van der Waals surface area contributed by atoms with Gasteiger partial charge in [0.15, 0.2) is 0 Å². The molecule has 1 unspecified atom stereocenters. The van der Waals surface area contributed by atoms with Gasteiger partial charge in [0.25, 0.3) is 5.91 Å². The Balaban J connectivity index is 1.61. The van der Waals surface area contributed by atoms with Crippen molar-refractivity contribution in [2.45, 2.75) is 51.4 Å². The highest BCUT2D eigenvalue weighted by atomic mass is 16.7. The Bertz CT molecular complexity index is 626. The van der Waals surface area contributed by atoms with Crippen LogP contribution in [0.2, 0.25) is 0 Å². The lowest BCUT2D eigenvalue weighted by Crippen LogP contribution is -2.72. The molecule has 1 spiro atoms. The lowest BCUT2D eigenvalue weighted by Gasteiger charge is -2.49. The fraction of sp³-hybridized carbons (Fsp3) is 0.556. The highest BCUT2D eigenvalue weighted by Gasteiger charge is 2.61. The maximum Gasteiger partial charge on any atom is 0.411 e. The third-order valence-electron chi connectivity index (χ3n) is 4.36. The molecule has 6 nitrogen and oxygen atoms in total. The average molecular weight is 332 g/mol. The normalized spacial score (nSPS) is 23.5. The number of carbonyl (C=O) groups excluding carboxylic acids is 2. The first kappa shape index (κ1) is 16.8. The molecule has 2 aliphatic heterocycles. The zero-order chi connectivity index (χ0) is 17.4. The van der Waals surface area contributed by atoms with E-state index >= 15 is 0 Å². The summed E-state index contributed by atoms with van der Waals surface area (Å²) in [5.74, 6) is -0.151. The van der Waals surface area contributed by atoms with Crippen LogP contribution in [-0.4, -0.2) is 46.2 Å². The minimum absolute atomic E-state index is 0.151. The molecule has 2 aliphatic rings. The Morgan fingerprint density at radius 3 is 2.58 bits per heavy atom. The fourth-order valence-electron chi connectivity index (χ4n) is 3.20. The predicted octanol–water partition coefficient (Wildman–Crippen LogP) is 2.73. The zero-order valence-electron chi connectivity index (χ0n) is 14.4. The molecule has 0 radical (unpaired) electrons. The van der Waals surface area contributed by atoms with Crippen molar-refractivity contribution in [2.75, 3.05) is 13.1 Å². The Hall–Kier alpha value is -2.08. The van der Waals surface area contributed by atoms with Gasteiger partial charge in [-0.2, -0.15) is 0 Å². The van der Waals surface area contributed by atoms with E-state index in [-0.39, 0.29) is 5.91 Å². The van der Waals surface area contributed by atoms with E-state index in [2.05, 4.69) is 0 Å². The van der Waals surface area contributed by atoms with Crippen LogP contribution in [0.3, 0.4) is 0 Å². The number of benzene rings is 1. The van der Waals surface area contributed by atoms with Gasteiger partial charge in [0.2, 0.25) is 0 Å². The van der Waals surface area contributed by atoms with Gasteiger partial charge in [-0.3, -0.25) is 14.5 Å². The van der Waals surface area contributed by atoms with Crippen LogP contribution in [0.15, 0.2) is 30.3 Å². The molecule has 1 atom stereocenters. The number of β-lactam (4-membered cyclic amide) rings is 1. The summed E-state index contributed by atoms with van der Waals surface area (Å²) in [7, 11) is 0. The highest BCUT2D eigenvalue weighted by Crippen LogP contribution is 2.40. The van der Waals surface area contributed by atoms with E-state index in [4.69, 9.17) is 9.57 Å².